The van der Waals surface area contributed by atoms with Crippen LogP contribution in [0.2, 0.25) is 0 Å². The number of imidazole rings is 1. The van der Waals surface area contributed by atoms with Crippen molar-refractivity contribution >= 4 is 23.1 Å². The summed E-state index contributed by atoms with van der Waals surface area (Å²) in [7, 11) is 1.80. The van der Waals surface area contributed by atoms with E-state index >= 15 is 0 Å². The largest absolute Gasteiger partial charge is 0.373 e. The second-order valence-corrected chi connectivity index (χ2v) is 9.80. The molecule has 1 aromatic carbocycles. The Morgan fingerprint density at radius 3 is 2.58 bits per heavy atom. The molecule has 8 heteroatoms. The van der Waals surface area contributed by atoms with Gasteiger partial charge in [0.05, 0.1) is 17.6 Å². The number of benzene rings is 1. The van der Waals surface area contributed by atoms with Crippen LogP contribution in [-0.2, 0) is 5.41 Å². The molecule has 0 unspecified atom stereocenters. The lowest BCUT2D eigenvalue weighted by Gasteiger charge is -2.20. The van der Waals surface area contributed by atoms with Crippen LogP contribution in [0.3, 0.4) is 0 Å². The first kappa shape index (κ1) is 23.3. The van der Waals surface area contributed by atoms with Crippen LogP contribution in [0.5, 0.6) is 0 Å². The highest BCUT2D eigenvalue weighted by molar-refractivity contribution is 6.05. The van der Waals surface area contributed by atoms with E-state index < -0.39 is 0 Å². The molecule has 8 nitrogen and oxygen atoms in total. The number of anilines is 2. The van der Waals surface area contributed by atoms with Gasteiger partial charge in [0.15, 0.2) is 5.65 Å². The van der Waals surface area contributed by atoms with Gasteiger partial charge in [-0.25, -0.2) is 14.5 Å². The van der Waals surface area contributed by atoms with Crippen molar-refractivity contribution in [3.05, 3.63) is 90.1 Å². The summed E-state index contributed by atoms with van der Waals surface area (Å²) in [4.78, 5) is 26.7. The fourth-order valence-corrected chi connectivity index (χ4v) is 4.11. The van der Waals surface area contributed by atoms with E-state index in [2.05, 4.69) is 46.4 Å². The minimum Gasteiger partial charge on any atom is -0.373 e. The van der Waals surface area contributed by atoms with Gasteiger partial charge >= 0.3 is 0 Å². The van der Waals surface area contributed by atoms with E-state index in [4.69, 9.17) is 0 Å². The van der Waals surface area contributed by atoms with Crippen molar-refractivity contribution in [2.24, 2.45) is 0 Å². The standard InChI is InChI=1S/C28H29N7O/c1-18-8-9-21(32-27(36)20-13-24(28(2,3)4)33-25(14-20)29-5)15-22(18)34-12-10-26-31-17-23(35(26)34)19-7-6-11-30-16-19/h6-17H,1-5H3,(H,29,33)(H,32,36). The summed E-state index contributed by atoms with van der Waals surface area (Å²) in [5.74, 6) is 0.473. The van der Waals surface area contributed by atoms with Crippen LogP contribution in [0.15, 0.2) is 73.3 Å². The van der Waals surface area contributed by atoms with E-state index in [0.717, 1.165) is 33.8 Å². The van der Waals surface area contributed by atoms with E-state index in [1.807, 2.05) is 77.2 Å². The Labute approximate surface area is 210 Å². The van der Waals surface area contributed by atoms with Crippen LogP contribution in [0.4, 0.5) is 11.5 Å². The molecule has 0 bridgehead atoms. The second kappa shape index (κ2) is 8.96. The van der Waals surface area contributed by atoms with Gasteiger partial charge in [-0.05, 0) is 48.9 Å². The molecule has 0 aliphatic rings. The van der Waals surface area contributed by atoms with Gasteiger partial charge < -0.3 is 10.6 Å². The summed E-state index contributed by atoms with van der Waals surface area (Å²) in [6.45, 7) is 8.29. The fourth-order valence-electron chi connectivity index (χ4n) is 4.11. The fraction of sp³-hybridized carbons (Fsp3) is 0.214. The lowest BCUT2D eigenvalue weighted by Crippen LogP contribution is -2.18. The number of amides is 1. The number of aryl methyl sites for hydroxylation is 1. The number of rotatable bonds is 5. The van der Waals surface area contributed by atoms with Crippen LogP contribution in [0.25, 0.3) is 22.6 Å². The zero-order chi connectivity index (χ0) is 25.4. The minimum absolute atomic E-state index is 0.185. The van der Waals surface area contributed by atoms with Gasteiger partial charge in [-0.2, -0.15) is 0 Å². The Morgan fingerprint density at radius 2 is 1.86 bits per heavy atom. The number of nitrogens with zero attached hydrogens (tertiary/aromatic N) is 5. The van der Waals surface area contributed by atoms with E-state index in [-0.39, 0.29) is 11.3 Å². The van der Waals surface area contributed by atoms with Crippen molar-refractivity contribution in [2.75, 3.05) is 17.7 Å². The van der Waals surface area contributed by atoms with Gasteiger partial charge in [-0.3, -0.25) is 14.5 Å². The molecule has 4 heterocycles. The maximum atomic E-state index is 13.3. The Kier molecular flexibility index (Phi) is 5.80. The van der Waals surface area contributed by atoms with Crippen LogP contribution in [0, 0.1) is 6.92 Å². The Hall–Kier alpha value is -4.46. The van der Waals surface area contributed by atoms with Gasteiger partial charge in [0.2, 0.25) is 0 Å². The second-order valence-electron chi connectivity index (χ2n) is 9.80. The molecule has 36 heavy (non-hydrogen) atoms. The number of hydrogen-bond acceptors (Lipinski definition) is 5. The molecule has 0 fully saturated rings. The number of pyridine rings is 2. The molecule has 5 rings (SSSR count). The Bertz CT molecular complexity index is 1560. The highest BCUT2D eigenvalue weighted by Crippen LogP contribution is 2.27. The molecule has 4 aromatic heterocycles. The summed E-state index contributed by atoms with van der Waals surface area (Å²) in [5.41, 5.74) is 6.65. The molecule has 2 N–H and O–H groups in total. The topological polar surface area (TPSA) is 89.1 Å². The third kappa shape index (κ3) is 4.33. The molecular weight excluding hydrogens is 450 g/mol. The molecule has 5 aromatic rings. The minimum atomic E-state index is -0.189. The quantitative estimate of drug-likeness (QED) is 0.348. The highest BCUT2D eigenvalue weighted by atomic mass is 16.1. The van der Waals surface area contributed by atoms with E-state index in [0.29, 0.717) is 17.1 Å². The van der Waals surface area contributed by atoms with Crippen molar-refractivity contribution in [2.45, 2.75) is 33.1 Å². The molecule has 0 radical (unpaired) electrons. The number of nitrogens with one attached hydrogen (secondary N) is 2. The third-order valence-corrected chi connectivity index (χ3v) is 6.13. The van der Waals surface area contributed by atoms with E-state index in [9.17, 15) is 4.79 Å². The van der Waals surface area contributed by atoms with Crippen molar-refractivity contribution in [3.8, 4) is 16.9 Å². The summed E-state index contributed by atoms with van der Waals surface area (Å²) < 4.78 is 4.08. The summed E-state index contributed by atoms with van der Waals surface area (Å²) in [5, 5.41) is 6.12. The van der Waals surface area contributed by atoms with Crippen molar-refractivity contribution in [3.63, 3.8) is 0 Å². The van der Waals surface area contributed by atoms with Crippen molar-refractivity contribution in [1.82, 2.24) is 24.1 Å². The van der Waals surface area contributed by atoms with Crippen LogP contribution >= 0.6 is 0 Å². The first-order valence-corrected chi connectivity index (χ1v) is 11.8. The van der Waals surface area contributed by atoms with Gasteiger partial charge in [-0.1, -0.05) is 26.8 Å². The average Bonchev–Trinajstić information content (AvgIpc) is 3.47. The van der Waals surface area contributed by atoms with Crippen LogP contribution < -0.4 is 10.6 Å². The number of aromatic nitrogens is 5. The predicted octanol–water partition coefficient (Wildman–Crippen LogP) is 5.48. The normalized spacial score (nSPS) is 11.6. The lowest BCUT2D eigenvalue weighted by molar-refractivity contribution is 0.102. The summed E-state index contributed by atoms with van der Waals surface area (Å²) in [6, 6.07) is 15.4. The zero-order valence-electron chi connectivity index (χ0n) is 21.1. The van der Waals surface area contributed by atoms with Gasteiger partial charge in [0.1, 0.15) is 5.82 Å². The summed E-state index contributed by atoms with van der Waals surface area (Å²) >= 11 is 0. The molecule has 0 atom stereocenters. The number of carbonyl (C=O) groups excluding carboxylic acids is 1. The molecule has 1 amide bonds. The van der Waals surface area contributed by atoms with Gasteiger partial charge in [0.25, 0.3) is 5.91 Å². The van der Waals surface area contributed by atoms with Gasteiger partial charge in [0, 0.05) is 59.6 Å². The first-order valence-electron chi connectivity index (χ1n) is 11.8. The molecular formula is C28H29N7O. The molecule has 0 aliphatic heterocycles. The highest BCUT2D eigenvalue weighted by Gasteiger charge is 2.20. The van der Waals surface area contributed by atoms with Crippen molar-refractivity contribution < 1.29 is 4.79 Å². The molecule has 0 aliphatic carbocycles. The molecule has 182 valence electrons. The Balaban J connectivity index is 1.52. The summed E-state index contributed by atoms with van der Waals surface area (Å²) in [6.07, 6.45) is 7.40. The third-order valence-electron chi connectivity index (χ3n) is 6.13. The van der Waals surface area contributed by atoms with E-state index in [1.165, 1.54) is 0 Å². The number of hydrogen-bond donors (Lipinski definition) is 2. The lowest BCUT2D eigenvalue weighted by atomic mass is 9.90. The molecule has 0 saturated carbocycles. The Morgan fingerprint density at radius 1 is 1.03 bits per heavy atom. The number of fused-ring (bicyclic) bond motifs is 1. The maximum absolute atomic E-state index is 13.3. The SMILES string of the molecule is CNc1cc(C(=O)Nc2ccc(C)c(-n3ccc4ncc(-c5cccnc5)n43)c2)cc(C(C)(C)C)n1. The maximum Gasteiger partial charge on any atom is 0.255 e. The smallest absolute Gasteiger partial charge is 0.255 e. The van der Waals surface area contributed by atoms with Crippen molar-refractivity contribution in [1.29, 1.82) is 0 Å². The first-order chi connectivity index (χ1) is 17.2. The monoisotopic (exact) mass is 479 g/mol. The van der Waals surface area contributed by atoms with Gasteiger partial charge in [-0.15, -0.1) is 0 Å². The molecule has 0 saturated heterocycles. The molecule has 0 spiro atoms. The zero-order valence-corrected chi connectivity index (χ0v) is 21.1. The number of carbonyl (C=O) groups is 1. The van der Waals surface area contributed by atoms with Crippen LogP contribution in [0.1, 0.15) is 42.4 Å². The van der Waals surface area contributed by atoms with E-state index in [1.54, 1.807) is 19.3 Å². The predicted molar refractivity (Wildman–Crippen MR) is 143 cm³/mol. The van der Waals surface area contributed by atoms with Crippen LogP contribution in [-0.4, -0.2) is 37.1 Å². The average molecular weight is 480 g/mol.